The molecule has 0 fully saturated rings. The standard InChI is InChI=1S/C13H18O4/c1-8-6-10(14)7-9(2)11(8)16-12(15)17-13(3,4)5/h6-7,14H,1-5H3. The second-order valence-electron chi connectivity index (χ2n) is 4.98. The maximum Gasteiger partial charge on any atom is 0.514 e. The smallest absolute Gasteiger partial charge is 0.508 e. The highest BCUT2D eigenvalue weighted by molar-refractivity contribution is 5.66. The summed E-state index contributed by atoms with van der Waals surface area (Å²) >= 11 is 0. The molecule has 0 unspecified atom stereocenters. The van der Waals surface area contributed by atoms with Gasteiger partial charge in [0.2, 0.25) is 0 Å². The zero-order chi connectivity index (χ0) is 13.2. The van der Waals surface area contributed by atoms with Crippen molar-refractivity contribution < 1.29 is 19.4 Å². The van der Waals surface area contributed by atoms with Gasteiger partial charge < -0.3 is 14.6 Å². The van der Waals surface area contributed by atoms with Crippen molar-refractivity contribution in [1.82, 2.24) is 0 Å². The number of hydrogen-bond acceptors (Lipinski definition) is 4. The van der Waals surface area contributed by atoms with Gasteiger partial charge in [-0.1, -0.05) is 0 Å². The lowest BCUT2D eigenvalue weighted by atomic mass is 10.1. The topological polar surface area (TPSA) is 55.8 Å². The van der Waals surface area contributed by atoms with Crippen molar-refractivity contribution in [3.05, 3.63) is 23.3 Å². The summed E-state index contributed by atoms with van der Waals surface area (Å²) in [5.41, 5.74) is 0.789. The number of aromatic hydroxyl groups is 1. The van der Waals surface area contributed by atoms with E-state index in [9.17, 15) is 9.90 Å². The van der Waals surface area contributed by atoms with Gasteiger partial charge >= 0.3 is 6.16 Å². The second kappa shape index (κ2) is 4.65. The van der Waals surface area contributed by atoms with Crippen LogP contribution >= 0.6 is 0 Å². The molecule has 94 valence electrons. The molecular weight excluding hydrogens is 220 g/mol. The molecule has 1 aromatic rings. The van der Waals surface area contributed by atoms with Crippen LogP contribution in [0.5, 0.6) is 11.5 Å². The molecule has 0 bridgehead atoms. The van der Waals surface area contributed by atoms with Crippen molar-refractivity contribution in [2.24, 2.45) is 0 Å². The Morgan fingerprint density at radius 2 is 1.65 bits per heavy atom. The Hall–Kier alpha value is -1.71. The second-order valence-corrected chi connectivity index (χ2v) is 4.98. The number of hydrogen-bond donors (Lipinski definition) is 1. The molecule has 0 aliphatic rings. The molecule has 4 nitrogen and oxygen atoms in total. The van der Waals surface area contributed by atoms with E-state index in [1.807, 2.05) is 0 Å². The third kappa shape index (κ3) is 3.98. The molecule has 0 aliphatic heterocycles. The molecule has 1 N–H and O–H groups in total. The van der Waals surface area contributed by atoms with Gasteiger partial charge in [-0.3, -0.25) is 0 Å². The molecule has 0 atom stereocenters. The Kier molecular flexibility index (Phi) is 3.66. The predicted molar refractivity (Wildman–Crippen MR) is 64.4 cm³/mol. The number of ether oxygens (including phenoxy) is 2. The number of aryl methyl sites for hydroxylation is 2. The zero-order valence-electron chi connectivity index (χ0n) is 10.8. The molecule has 0 radical (unpaired) electrons. The molecule has 0 aromatic heterocycles. The Bertz CT molecular complexity index is 407. The van der Waals surface area contributed by atoms with Gasteiger partial charge in [0.25, 0.3) is 0 Å². The molecule has 0 saturated heterocycles. The first-order chi connectivity index (χ1) is 7.69. The van der Waals surface area contributed by atoms with Crippen molar-refractivity contribution in [1.29, 1.82) is 0 Å². The molecule has 17 heavy (non-hydrogen) atoms. The van der Waals surface area contributed by atoms with Crippen LogP contribution < -0.4 is 4.74 Å². The van der Waals surface area contributed by atoms with Crippen LogP contribution in [-0.4, -0.2) is 16.9 Å². The van der Waals surface area contributed by atoms with E-state index >= 15 is 0 Å². The van der Waals surface area contributed by atoms with Crippen LogP contribution in [0.25, 0.3) is 0 Å². The lowest BCUT2D eigenvalue weighted by Crippen LogP contribution is -2.26. The maximum atomic E-state index is 11.5. The SMILES string of the molecule is Cc1cc(O)cc(C)c1OC(=O)OC(C)(C)C. The van der Waals surface area contributed by atoms with Crippen LogP contribution in [0.3, 0.4) is 0 Å². The van der Waals surface area contributed by atoms with Crippen LogP contribution in [0, 0.1) is 13.8 Å². The van der Waals surface area contributed by atoms with E-state index in [0.29, 0.717) is 16.9 Å². The average molecular weight is 238 g/mol. The summed E-state index contributed by atoms with van der Waals surface area (Å²) in [5, 5.41) is 9.37. The number of benzene rings is 1. The van der Waals surface area contributed by atoms with Crippen molar-refractivity contribution in [2.45, 2.75) is 40.2 Å². The van der Waals surface area contributed by atoms with E-state index in [4.69, 9.17) is 9.47 Å². The lowest BCUT2D eigenvalue weighted by Gasteiger charge is -2.19. The minimum absolute atomic E-state index is 0.150. The summed E-state index contributed by atoms with van der Waals surface area (Å²) in [6.45, 7) is 8.82. The van der Waals surface area contributed by atoms with Gasteiger partial charge in [0.15, 0.2) is 0 Å². The van der Waals surface area contributed by atoms with Crippen LogP contribution in [0.4, 0.5) is 4.79 Å². The molecular formula is C13H18O4. The van der Waals surface area contributed by atoms with Gasteiger partial charge in [-0.15, -0.1) is 0 Å². The largest absolute Gasteiger partial charge is 0.514 e. The fourth-order valence-electron chi connectivity index (χ4n) is 1.44. The van der Waals surface area contributed by atoms with Crippen molar-refractivity contribution in [3.8, 4) is 11.5 Å². The quantitative estimate of drug-likeness (QED) is 0.602. The van der Waals surface area contributed by atoms with E-state index < -0.39 is 11.8 Å². The fourth-order valence-corrected chi connectivity index (χ4v) is 1.44. The van der Waals surface area contributed by atoms with Crippen LogP contribution in [0.15, 0.2) is 12.1 Å². The Labute approximate surface area is 101 Å². The highest BCUT2D eigenvalue weighted by atomic mass is 16.7. The molecule has 1 aromatic carbocycles. The zero-order valence-corrected chi connectivity index (χ0v) is 10.8. The van der Waals surface area contributed by atoms with Gasteiger partial charge in [0.05, 0.1) is 0 Å². The van der Waals surface area contributed by atoms with E-state index in [-0.39, 0.29) is 5.75 Å². The lowest BCUT2D eigenvalue weighted by molar-refractivity contribution is 0.0203. The summed E-state index contributed by atoms with van der Waals surface area (Å²) in [5.74, 6) is 0.577. The first kappa shape index (κ1) is 13.4. The third-order valence-electron chi connectivity index (χ3n) is 2.02. The average Bonchev–Trinajstić information content (AvgIpc) is 2.08. The van der Waals surface area contributed by atoms with Gasteiger partial charge in [0, 0.05) is 0 Å². The van der Waals surface area contributed by atoms with Gasteiger partial charge in [0.1, 0.15) is 17.1 Å². The predicted octanol–water partition coefficient (Wildman–Crippen LogP) is 3.32. The summed E-state index contributed by atoms with van der Waals surface area (Å²) in [4.78, 5) is 11.5. The number of phenolic OH excluding ortho intramolecular Hbond substituents is 1. The number of rotatable bonds is 1. The maximum absolute atomic E-state index is 11.5. The normalized spacial score (nSPS) is 11.1. The van der Waals surface area contributed by atoms with Gasteiger partial charge in [-0.05, 0) is 57.9 Å². The minimum Gasteiger partial charge on any atom is -0.508 e. The number of carbonyl (C=O) groups is 1. The highest BCUT2D eigenvalue weighted by Gasteiger charge is 2.19. The van der Waals surface area contributed by atoms with E-state index in [1.54, 1.807) is 34.6 Å². The summed E-state index contributed by atoms with van der Waals surface area (Å²) in [7, 11) is 0. The molecule has 0 spiro atoms. The number of carbonyl (C=O) groups excluding carboxylic acids is 1. The molecule has 0 aliphatic carbocycles. The summed E-state index contributed by atoms with van der Waals surface area (Å²) in [6, 6.07) is 3.07. The van der Waals surface area contributed by atoms with Gasteiger partial charge in [-0.25, -0.2) is 4.79 Å². The van der Waals surface area contributed by atoms with E-state index in [2.05, 4.69) is 0 Å². The molecule has 0 amide bonds. The highest BCUT2D eigenvalue weighted by Crippen LogP contribution is 2.28. The number of phenols is 1. The Morgan fingerprint density at radius 3 is 2.06 bits per heavy atom. The Morgan fingerprint density at radius 1 is 1.18 bits per heavy atom. The monoisotopic (exact) mass is 238 g/mol. The fraction of sp³-hybridized carbons (Fsp3) is 0.462. The molecule has 4 heteroatoms. The van der Waals surface area contributed by atoms with E-state index in [0.717, 1.165) is 0 Å². The minimum atomic E-state index is -0.741. The van der Waals surface area contributed by atoms with Crippen LogP contribution in [0.1, 0.15) is 31.9 Å². The first-order valence-corrected chi connectivity index (χ1v) is 5.40. The van der Waals surface area contributed by atoms with E-state index in [1.165, 1.54) is 12.1 Å². The molecule has 0 saturated carbocycles. The molecule has 1 rings (SSSR count). The van der Waals surface area contributed by atoms with Crippen molar-refractivity contribution >= 4 is 6.16 Å². The summed E-state index contributed by atoms with van der Waals surface area (Å²) < 4.78 is 10.2. The van der Waals surface area contributed by atoms with Crippen LogP contribution in [0.2, 0.25) is 0 Å². The first-order valence-electron chi connectivity index (χ1n) is 5.40. The summed E-state index contributed by atoms with van der Waals surface area (Å²) in [6.07, 6.45) is -0.741. The third-order valence-corrected chi connectivity index (χ3v) is 2.02. The molecule has 0 heterocycles. The van der Waals surface area contributed by atoms with Crippen molar-refractivity contribution in [2.75, 3.05) is 0 Å². The van der Waals surface area contributed by atoms with Crippen LogP contribution in [-0.2, 0) is 4.74 Å². The van der Waals surface area contributed by atoms with Crippen molar-refractivity contribution in [3.63, 3.8) is 0 Å². The van der Waals surface area contributed by atoms with Gasteiger partial charge in [-0.2, -0.15) is 0 Å². The Balaban J connectivity index is 2.86.